The van der Waals surface area contributed by atoms with Crippen LogP contribution in [0.3, 0.4) is 0 Å². The first-order chi connectivity index (χ1) is 6.90. The molecule has 0 fully saturated rings. The van der Waals surface area contributed by atoms with Gasteiger partial charge in [-0.25, -0.2) is 0 Å². The maximum atomic E-state index is 5.48. The van der Waals surface area contributed by atoms with E-state index in [1.54, 1.807) is 0 Å². The van der Waals surface area contributed by atoms with Gasteiger partial charge in [0.2, 0.25) is 11.8 Å². The van der Waals surface area contributed by atoms with Crippen LogP contribution >= 0.6 is 0 Å². The van der Waals surface area contributed by atoms with Crippen LogP contribution < -0.4 is 14.8 Å². The summed E-state index contributed by atoms with van der Waals surface area (Å²) < 4.78 is 10.8. The molecule has 4 heteroatoms. The van der Waals surface area contributed by atoms with Crippen LogP contribution in [0.2, 0.25) is 0 Å². The summed E-state index contributed by atoms with van der Waals surface area (Å²) in [5, 5.41) is 3.25. The van der Waals surface area contributed by atoms with Crippen LogP contribution in [0.5, 0.6) is 11.8 Å². The van der Waals surface area contributed by atoms with E-state index in [-0.39, 0.29) is 0 Å². The van der Waals surface area contributed by atoms with Gasteiger partial charge < -0.3 is 14.8 Å². The van der Waals surface area contributed by atoms with Crippen LogP contribution in [0.4, 0.5) is 0 Å². The second-order valence-electron chi connectivity index (χ2n) is 3.07. The maximum Gasteiger partial charge on any atom is 0.221 e. The zero-order valence-corrected chi connectivity index (χ0v) is 8.25. The van der Waals surface area contributed by atoms with Crippen molar-refractivity contribution in [2.24, 2.45) is 0 Å². The number of ether oxygens (including phenoxy) is 2. The van der Waals surface area contributed by atoms with Gasteiger partial charge in [0.25, 0.3) is 0 Å². The summed E-state index contributed by atoms with van der Waals surface area (Å²) in [6.07, 6.45) is 0. The van der Waals surface area contributed by atoms with Crippen molar-refractivity contribution in [2.75, 3.05) is 19.8 Å². The highest BCUT2D eigenvalue weighted by atomic mass is 16.5. The van der Waals surface area contributed by atoms with Crippen molar-refractivity contribution >= 4 is 0 Å². The Morgan fingerprint density at radius 2 is 2.50 bits per heavy atom. The largest absolute Gasteiger partial charge is 0.478 e. The second-order valence-corrected chi connectivity index (χ2v) is 3.07. The fourth-order valence-electron chi connectivity index (χ4n) is 1.38. The first-order valence-electron chi connectivity index (χ1n) is 4.86. The predicted molar refractivity (Wildman–Crippen MR) is 52.6 cm³/mol. The van der Waals surface area contributed by atoms with Gasteiger partial charge in [-0.1, -0.05) is 0 Å². The molecular formula is C10H14N2O2. The molecule has 0 atom stereocenters. The van der Waals surface area contributed by atoms with Crippen molar-refractivity contribution < 1.29 is 9.47 Å². The zero-order valence-electron chi connectivity index (χ0n) is 8.25. The average Bonchev–Trinajstić information content (AvgIpc) is 2.42. The van der Waals surface area contributed by atoms with Gasteiger partial charge in [0.15, 0.2) is 0 Å². The summed E-state index contributed by atoms with van der Waals surface area (Å²) in [5.41, 5.74) is 1.09. The Labute approximate surface area is 83.2 Å². The van der Waals surface area contributed by atoms with Gasteiger partial charge in [0.05, 0.1) is 6.61 Å². The Bertz CT molecular complexity index is 315. The van der Waals surface area contributed by atoms with E-state index in [0.717, 1.165) is 18.7 Å². The highest BCUT2D eigenvalue weighted by Gasteiger charge is 2.10. The van der Waals surface area contributed by atoms with Crippen molar-refractivity contribution in [3.63, 3.8) is 0 Å². The lowest BCUT2D eigenvalue weighted by atomic mass is 10.2. The van der Waals surface area contributed by atoms with E-state index in [4.69, 9.17) is 9.47 Å². The van der Waals surface area contributed by atoms with Crippen LogP contribution in [-0.2, 0) is 6.54 Å². The standard InChI is InChI=1S/C10H14N2O2/c1-2-13-9-4-3-8-7-11-5-6-14-10(8)12-9/h3-4,11H,2,5-7H2,1H3. The fraction of sp³-hybridized carbons (Fsp3) is 0.500. The quantitative estimate of drug-likeness (QED) is 0.761. The lowest BCUT2D eigenvalue weighted by Crippen LogP contribution is -2.16. The SMILES string of the molecule is CCOc1ccc2c(n1)OCCNC2. The molecule has 0 amide bonds. The van der Waals surface area contributed by atoms with E-state index in [2.05, 4.69) is 10.3 Å². The summed E-state index contributed by atoms with van der Waals surface area (Å²) in [7, 11) is 0. The van der Waals surface area contributed by atoms with E-state index < -0.39 is 0 Å². The number of aromatic nitrogens is 1. The Kier molecular flexibility index (Phi) is 2.84. The van der Waals surface area contributed by atoms with Crippen LogP contribution in [0.25, 0.3) is 0 Å². The van der Waals surface area contributed by atoms with Gasteiger partial charge in [-0.05, 0) is 13.0 Å². The molecule has 0 saturated heterocycles. The smallest absolute Gasteiger partial charge is 0.221 e. The molecule has 1 N–H and O–H groups in total. The number of pyridine rings is 1. The molecule has 4 nitrogen and oxygen atoms in total. The van der Waals surface area contributed by atoms with Crippen LogP contribution in [0.15, 0.2) is 12.1 Å². The molecule has 0 unspecified atom stereocenters. The van der Waals surface area contributed by atoms with E-state index in [1.807, 2.05) is 19.1 Å². The minimum absolute atomic E-state index is 0.629. The van der Waals surface area contributed by atoms with Crippen LogP contribution in [0.1, 0.15) is 12.5 Å². The van der Waals surface area contributed by atoms with E-state index in [1.165, 1.54) is 0 Å². The van der Waals surface area contributed by atoms with Crippen molar-refractivity contribution in [3.8, 4) is 11.8 Å². The Morgan fingerprint density at radius 1 is 1.57 bits per heavy atom. The Hall–Kier alpha value is -1.29. The van der Waals surface area contributed by atoms with Gasteiger partial charge >= 0.3 is 0 Å². The van der Waals surface area contributed by atoms with Gasteiger partial charge in [0, 0.05) is 24.7 Å². The second kappa shape index (κ2) is 4.28. The van der Waals surface area contributed by atoms with Crippen LogP contribution in [-0.4, -0.2) is 24.7 Å². The van der Waals surface area contributed by atoms with Gasteiger partial charge in [0.1, 0.15) is 6.61 Å². The lowest BCUT2D eigenvalue weighted by Gasteiger charge is -2.07. The molecule has 2 rings (SSSR count). The molecule has 0 saturated carbocycles. The van der Waals surface area contributed by atoms with Gasteiger partial charge in [-0.2, -0.15) is 4.98 Å². The van der Waals surface area contributed by atoms with E-state index in [0.29, 0.717) is 25.0 Å². The normalized spacial score (nSPS) is 15.2. The Morgan fingerprint density at radius 3 is 3.36 bits per heavy atom. The molecule has 0 aromatic carbocycles. The average molecular weight is 194 g/mol. The number of rotatable bonds is 2. The van der Waals surface area contributed by atoms with Crippen molar-refractivity contribution in [3.05, 3.63) is 17.7 Å². The maximum absolute atomic E-state index is 5.48. The third kappa shape index (κ3) is 1.96. The number of fused-ring (bicyclic) bond motifs is 1. The van der Waals surface area contributed by atoms with Crippen molar-refractivity contribution in [1.29, 1.82) is 0 Å². The van der Waals surface area contributed by atoms with E-state index >= 15 is 0 Å². The molecular weight excluding hydrogens is 180 g/mol. The predicted octanol–water partition coefficient (Wildman–Crippen LogP) is 0.962. The van der Waals surface area contributed by atoms with Gasteiger partial charge in [-0.3, -0.25) is 0 Å². The molecule has 1 aliphatic heterocycles. The highest BCUT2D eigenvalue weighted by Crippen LogP contribution is 2.21. The molecule has 1 aliphatic rings. The molecule has 0 spiro atoms. The van der Waals surface area contributed by atoms with Crippen molar-refractivity contribution in [1.82, 2.24) is 10.3 Å². The van der Waals surface area contributed by atoms with Crippen molar-refractivity contribution in [2.45, 2.75) is 13.5 Å². The molecule has 2 heterocycles. The lowest BCUT2D eigenvalue weighted by molar-refractivity contribution is 0.293. The molecule has 0 aliphatic carbocycles. The third-order valence-corrected chi connectivity index (χ3v) is 2.04. The zero-order chi connectivity index (χ0) is 9.80. The summed E-state index contributed by atoms with van der Waals surface area (Å²) in [5.74, 6) is 1.33. The van der Waals surface area contributed by atoms with Gasteiger partial charge in [-0.15, -0.1) is 0 Å². The summed E-state index contributed by atoms with van der Waals surface area (Å²) in [6, 6.07) is 3.87. The number of nitrogens with one attached hydrogen (secondary N) is 1. The van der Waals surface area contributed by atoms with Crippen LogP contribution in [0, 0.1) is 0 Å². The monoisotopic (exact) mass is 194 g/mol. The minimum atomic E-state index is 0.629. The molecule has 14 heavy (non-hydrogen) atoms. The molecule has 1 aromatic heterocycles. The summed E-state index contributed by atoms with van der Waals surface area (Å²) >= 11 is 0. The molecule has 76 valence electrons. The third-order valence-electron chi connectivity index (χ3n) is 2.04. The fourth-order valence-corrected chi connectivity index (χ4v) is 1.38. The summed E-state index contributed by atoms with van der Waals surface area (Å²) in [6.45, 7) is 4.91. The summed E-state index contributed by atoms with van der Waals surface area (Å²) in [4.78, 5) is 4.28. The topological polar surface area (TPSA) is 43.4 Å². The molecule has 0 bridgehead atoms. The Balaban J connectivity index is 2.23. The molecule has 0 radical (unpaired) electrons. The first-order valence-corrected chi connectivity index (χ1v) is 4.86. The number of hydrogen-bond acceptors (Lipinski definition) is 4. The molecule has 1 aromatic rings. The highest BCUT2D eigenvalue weighted by molar-refractivity contribution is 5.31. The minimum Gasteiger partial charge on any atom is -0.478 e. The van der Waals surface area contributed by atoms with E-state index in [9.17, 15) is 0 Å². The first kappa shape index (κ1) is 9.27. The number of nitrogens with zero attached hydrogens (tertiary/aromatic N) is 1. The number of hydrogen-bond donors (Lipinski definition) is 1.